The molecule has 1 unspecified atom stereocenters. The summed E-state index contributed by atoms with van der Waals surface area (Å²) in [5.41, 5.74) is 0.923. The number of cyclic esters (lactones) is 1. The third kappa shape index (κ3) is 4.29. The molecule has 1 saturated heterocycles. The van der Waals surface area contributed by atoms with Crippen molar-refractivity contribution >= 4 is 29.5 Å². The first-order chi connectivity index (χ1) is 14.8. The van der Waals surface area contributed by atoms with Crippen molar-refractivity contribution in [1.29, 1.82) is 0 Å². The number of aromatic nitrogens is 4. The van der Waals surface area contributed by atoms with Crippen LogP contribution in [-0.4, -0.2) is 44.4 Å². The number of ether oxygens (including phenoxy) is 1. The van der Waals surface area contributed by atoms with Crippen LogP contribution >= 0.6 is 11.6 Å². The summed E-state index contributed by atoms with van der Waals surface area (Å²) in [6.45, 7) is 3.15. The summed E-state index contributed by atoms with van der Waals surface area (Å²) in [7, 11) is 0. The van der Waals surface area contributed by atoms with Crippen LogP contribution in [0.15, 0.2) is 43.0 Å². The van der Waals surface area contributed by atoms with E-state index in [4.69, 9.17) is 16.3 Å². The molecule has 1 fully saturated rings. The SMILES string of the molecule is C[C@H](Nc1nccc(N2C(=O)OCC2[C@H](C)F)n1)c1cn(-c2ccc(Cl)cc2F)cn1. The van der Waals surface area contributed by atoms with Crippen LogP contribution in [-0.2, 0) is 4.74 Å². The number of carbonyl (C=O) groups excluding carboxylic acids is 1. The van der Waals surface area contributed by atoms with E-state index in [0.29, 0.717) is 16.4 Å². The minimum Gasteiger partial charge on any atom is -0.447 e. The first-order valence-corrected chi connectivity index (χ1v) is 9.90. The maximum absolute atomic E-state index is 14.2. The summed E-state index contributed by atoms with van der Waals surface area (Å²) < 4.78 is 34.5. The van der Waals surface area contributed by atoms with Gasteiger partial charge in [-0.05, 0) is 38.1 Å². The first kappa shape index (κ1) is 21.0. The number of carbonyl (C=O) groups is 1. The van der Waals surface area contributed by atoms with Crippen molar-refractivity contribution in [3.8, 4) is 5.69 Å². The highest BCUT2D eigenvalue weighted by atomic mass is 35.5. The van der Waals surface area contributed by atoms with E-state index in [1.165, 1.54) is 36.5 Å². The molecular weight excluding hydrogens is 430 g/mol. The van der Waals surface area contributed by atoms with Crippen LogP contribution in [0.1, 0.15) is 25.6 Å². The zero-order chi connectivity index (χ0) is 22.1. The van der Waals surface area contributed by atoms with Crippen molar-refractivity contribution in [3.63, 3.8) is 0 Å². The topological polar surface area (TPSA) is 85.2 Å². The summed E-state index contributed by atoms with van der Waals surface area (Å²) >= 11 is 5.80. The molecule has 0 bridgehead atoms. The molecule has 1 aliphatic heterocycles. The minimum absolute atomic E-state index is 0.0433. The fraction of sp³-hybridized carbons (Fsp3) is 0.300. The van der Waals surface area contributed by atoms with Gasteiger partial charge in [-0.1, -0.05) is 11.6 Å². The average Bonchev–Trinajstić information content (AvgIpc) is 3.35. The Morgan fingerprint density at radius 3 is 2.84 bits per heavy atom. The van der Waals surface area contributed by atoms with Crippen molar-refractivity contribution in [2.75, 3.05) is 16.8 Å². The Morgan fingerprint density at radius 2 is 2.10 bits per heavy atom. The summed E-state index contributed by atoms with van der Waals surface area (Å²) in [6.07, 6.45) is 2.69. The van der Waals surface area contributed by atoms with Gasteiger partial charge in [-0.25, -0.2) is 23.5 Å². The Hall–Kier alpha value is -3.27. The predicted molar refractivity (Wildman–Crippen MR) is 111 cm³/mol. The highest BCUT2D eigenvalue weighted by molar-refractivity contribution is 6.30. The van der Waals surface area contributed by atoms with Gasteiger partial charge in [0.15, 0.2) is 0 Å². The third-order valence-corrected chi connectivity index (χ3v) is 5.14. The number of alkyl halides is 1. The molecule has 1 aromatic carbocycles. The van der Waals surface area contributed by atoms with Gasteiger partial charge in [0.25, 0.3) is 0 Å². The quantitative estimate of drug-likeness (QED) is 0.604. The number of hydrogen-bond acceptors (Lipinski definition) is 6. The molecule has 2 aromatic heterocycles. The van der Waals surface area contributed by atoms with Crippen LogP contribution in [0.2, 0.25) is 5.02 Å². The molecule has 0 saturated carbocycles. The van der Waals surface area contributed by atoms with Crippen molar-refractivity contribution in [2.45, 2.75) is 32.1 Å². The molecule has 0 spiro atoms. The standard InChI is InChI=1S/C20H19ClF2N6O2/c1-11(22)17-9-31-20(30)29(17)18-5-6-24-19(27-18)26-12(2)15-8-28(10-25-15)16-4-3-13(21)7-14(16)23/h3-8,10-12,17H,9H2,1-2H3,(H,24,26,27)/t11-,12-,17?/m0/s1. The van der Waals surface area contributed by atoms with E-state index in [0.717, 1.165) is 0 Å². The lowest BCUT2D eigenvalue weighted by atomic mass is 10.2. The largest absolute Gasteiger partial charge is 0.447 e. The van der Waals surface area contributed by atoms with E-state index < -0.39 is 24.1 Å². The van der Waals surface area contributed by atoms with E-state index in [-0.39, 0.29) is 24.4 Å². The zero-order valence-corrected chi connectivity index (χ0v) is 17.4. The molecular formula is C20H19ClF2N6O2. The lowest BCUT2D eigenvalue weighted by Crippen LogP contribution is -2.39. The molecule has 8 nitrogen and oxygen atoms in total. The molecule has 3 heterocycles. The second-order valence-corrected chi connectivity index (χ2v) is 7.53. The molecule has 162 valence electrons. The zero-order valence-electron chi connectivity index (χ0n) is 16.7. The lowest BCUT2D eigenvalue weighted by molar-refractivity contribution is 0.174. The van der Waals surface area contributed by atoms with E-state index >= 15 is 0 Å². The summed E-state index contributed by atoms with van der Waals surface area (Å²) in [5.74, 6) is -0.0140. The van der Waals surface area contributed by atoms with Crippen LogP contribution < -0.4 is 10.2 Å². The smallest absolute Gasteiger partial charge is 0.416 e. The molecule has 0 aliphatic carbocycles. The monoisotopic (exact) mass is 448 g/mol. The van der Waals surface area contributed by atoms with Gasteiger partial charge in [0.2, 0.25) is 5.95 Å². The average molecular weight is 449 g/mol. The van der Waals surface area contributed by atoms with Gasteiger partial charge in [-0.3, -0.25) is 4.90 Å². The second kappa shape index (κ2) is 8.46. The normalized spacial score (nSPS) is 18.0. The van der Waals surface area contributed by atoms with E-state index in [1.807, 2.05) is 6.92 Å². The van der Waals surface area contributed by atoms with E-state index in [1.54, 1.807) is 22.9 Å². The van der Waals surface area contributed by atoms with Gasteiger partial charge in [-0.15, -0.1) is 0 Å². The van der Waals surface area contributed by atoms with Gasteiger partial charge in [0, 0.05) is 17.4 Å². The molecule has 1 amide bonds. The molecule has 4 rings (SSSR count). The van der Waals surface area contributed by atoms with Gasteiger partial charge in [-0.2, -0.15) is 4.98 Å². The Kier molecular flexibility index (Phi) is 5.73. The van der Waals surface area contributed by atoms with Gasteiger partial charge < -0.3 is 14.6 Å². The number of rotatable bonds is 6. The molecule has 3 atom stereocenters. The van der Waals surface area contributed by atoms with Crippen molar-refractivity contribution in [2.24, 2.45) is 0 Å². The highest BCUT2D eigenvalue weighted by Crippen LogP contribution is 2.26. The maximum atomic E-state index is 14.2. The lowest BCUT2D eigenvalue weighted by Gasteiger charge is -2.21. The van der Waals surface area contributed by atoms with Gasteiger partial charge >= 0.3 is 6.09 Å². The predicted octanol–water partition coefficient (Wildman–Crippen LogP) is 4.31. The van der Waals surface area contributed by atoms with Crippen LogP contribution in [0.5, 0.6) is 0 Å². The molecule has 1 N–H and O–H groups in total. The Balaban J connectivity index is 1.52. The van der Waals surface area contributed by atoms with Crippen LogP contribution in [0.4, 0.5) is 25.3 Å². The Bertz CT molecular complexity index is 1110. The molecule has 31 heavy (non-hydrogen) atoms. The molecule has 3 aromatic rings. The van der Waals surface area contributed by atoms with Crippen molar-refractivity contribution in [1.82, 2.24) is 19.5 Å². The fourth-order valence-corrected chi connectivity index (χ4v) is 3.40. The van der Waals surface area contributed by atoms with Crippen molar-refractivity contribution in [3.05, 3.63) is 59.5 Å². The number of imidazole rings is 1. The van der Waals surface area contributed by atoms with E-state index in [2.05, 4.69) is 20.3 Å². The van der Waals surface area contributed by atoms with Crippen LogP contribution in [0, 0.1) is 5.82 Å². The number of nitrogens with one attached hydrogen (secondary N) is 1. The van der Waals surface area contributed by atoms with Gasteiger partial charge in [0.1, 0.15) is 30.5 Å². The summed E-state index contributed by atoms with van der Waals surface area (Å²) in [5, 5.41) is 3.39. The number of anilines is 2. The molecule has 0 radical (unpaired) electrons. The van der Waals surface area contributed by atoms with E-state index in [9.17, 15) is 13.6 Å². The third-order valence-electron chi connectivity index (χ3n) is 4.90. The number of halogens is 3. The minimum atomic E-state index is -1.28. The number of nitrogens with zero attached hydrogens (tertiary/aromatic N) is 5. The molecule has 1 aliphatic rings. The number of amides is 1. The number of benzene rings is 1. The number of hydrogen-bond donors (Lipinski definition) is 1. The van der Waals surface area contributed by atoms with Crippen LogP contribution in [0.3, 0.4) is 0 Å². The Labute approximate surface area is 181 Å². The van der Waals surface area contributed by atoms with Crippen molar-refractivity contribution < 1.29 is 18.3 Å². The summed E-state index contributed by atoms with van der Waals surface area (Å²) in [6, 6.07) is 4.80. The highest BCUT2D eigenvalue weighted by Gasteiger charge is 2.39. The Morgan fingerprint density at radius 1 is 1.29 bits per heavy atom. The first-order valence-electron chi connectivity index (χ1n) is 9.52. The second-order valence-electron chi connectivity index (χ2n) is 7.10. The van der Waals surface area contributed by atoms with Crippen LogP contribution in [0.25, 0.3) is 5.69 Å². The maximum Gasteiger partial charge on any atom is 0.416 e. The van der Waals surface area contributed by atoms with Gasteiger partial charge in [0.05, 0.1) is 23.8 Å². The fourth-order valence-electron chi connectivity index (χ4n) is 3.24. The summed E-state index contributed by atoms with van der Waals surface area (Å²) in [4.78, 5) is 26.0. The molecule has 11 heteroatoms.